The maximum atomic E-state index is 11.3. The van der Waals surface area contributed by atoms with E-state index < -0.39 is 5.97 Å². The van der Waals surface area contributed by atoms with Crippen LogP contribution in [0.5, 0.6) is 5.75 Å². The van der Waals surface area contributed by atoms with Crippen LogP contribution in [-0.2, 0) is 17.9 Å². The summed E-state index contributed by atoms with van der Waals surface area (Å²) in [7, 11) is 1.29. The third kappa shape index (κ3) is 3.74. The predicted octanol–water partition coefficient (Wildman–Crippen LogP) is 2.43. The minimum absolute atomic E-state index is 0.108. The minimum Gasteiger partial charge on any atom is -0.471 e. The quantitative estimate of drug-likeness (QED) is 0.793. The van der Waals surface area contributed by atoms with Crippen LogP contribution < -0.4 is 4.74 Å². The number of esters is 1. The number of nitriles is 1. The molecule has 6 nitrogen and oxygen atoms in total. The molecule has 0 atom stereocenters. The molecule has 0 aliphatic carbocycles. The molecule has 1 aromatic carbocycles. The van der Waals surface area contributed by atoms with Crippen molar-refractivity contribution in [3.63, 3.8) is 0 Å². The smallest absolute Gasteiger partial charge is 0.358 e. The van der Waals surface area contributed by atoms with E-state index in [-0.39, 0.29) is 18.8 Å². The van der Waals surface area contributed by atoms with Gasteiger partial charge in [-0.15, -0.1) is 0 Å². The van der Waals surface area contributed by atoms with Crippen LogP contribution in [-0.4, -0.2) is 22.9 Å². The van der Waals surface area contributed by atoms with Crippen LogP contribution >= 0.6 is 11.6 Å². The molecule has 108 valence electrons. The van der Waals surface area contributed by atoms with Crippen molar-refractivity contribution >= 4 is 17.6 Å². The number of carbonyl (C=O) groups is 1. The van der Waals surface area contributed by atoms with E-state index in [9.17, 15) is 4.79 Å². The molecule has 21 heavy (non-hydrogen) atoms. The lowest BCUT2D eigenvalue weighted by Gasteiger charge is -2.10. The van der Waals surface area contributed by atoms with Gasteiger partial charge in [0.25, 0.3) is 0 Å². The number of aromatic nitrogens is 2. The normalized spacial score (nSPS) is 9.95. The van der Waals surface area contributed by atoms with Crippen molar-refractivity contribution in [1.29, 1.82) is 5.26 Å². The van der Waals surface area contributed by atoms with E-state index in [0.29, 0.717) is 16.3 Å². The molecule has 7 heteroatoms. The number of rotatable bonds is 5. The van der Waals surface area contributed by atoms with Crippen LogP contribution in [0, 0.1) is 11.3 Å². The molecule has 0 fully saturated rings. The van der Waals surface area contributed by atoms with Crippen molar-refractivity contribution in [3.8, 4) is 11.8 Å². The Labute approximate surface area is 126 Å². The highest BCUT2D eigenvalue weighted by atomic mass is 35.5. The van der Waals surface area contributed by atoms with Gasteiger partial charge in [0.1, 0.15) is 5.75 Å². The fourth-order valence-electron chi connectivity index (χ4n) is 1.69. The molecule has 0 amide bonds. The Bertz CT molecular complexity index is 691. The van der Waals surface area contributed by atoms with Gasteiger partial charge in [-0.3, -0.25) is 0 Å². The number of nitrogens with zero attached hydrogens (tertiary/aromatic N) is 3. The summed E-state index contributed by atoms with van der Waals surface area (Å²) < 4.78 is 11.6. The summed E-state index contributed by atoms with van der Waals surface area (Å²) in [5.41, 5.74) is 0.903. The molecule has 0 bridgehead atoms. The minimum atomic E-state index is -0.509. The van der Waals surface area contributed by atoms with Crippen LogP contribution in [0.25, 0.3) is 0 Å². The fraction of sp³-hybridized carbons (Fsp3) is 0.214. The molecule has 1 aromatic heterocycles. The summed E-state index contributed by atoms with van der Waals surface area (Å²) in [5, 5.41) is 13.4. The molecule has 1 heterocycles. The first-order chi connectivity index (χ1) is 10.1. The first-order valence-corrected chi connectivity index (χ1v) is 6.42. The highest BCUT2D eigenvalue weighted by molar-refractivity contribution is 6.30. The first-order valence-electron chi connectivity index (χ1n) is 6.04. The van der Waals surface area contributed by atoms with Gasteiger partial charge in [0.2, 0.25) is 0 Å². The summed E-state index contributed by atoms with van der Waals surface area (Å²) >= 11 is 5.89. The first kappa shape index (κ1) is 14.9. The Balaban J connectivity index is 2.08. The number of carbonyl (C=O) groups excluding carboxylic acids is 1. The SMILES string of the molecule is COC(=O)c1ccn(COc2ccc(Cl)cc2CC#N)n1. The molecule has 0 unspecified atom stereocenters. The van der Waals surface area contributed by atoms with Crippen molar-refractivity contribution < 1.29 is 14.3 Å². The van der Waals surface area contributed by atoms with Crippen molar-refractivity contribution in [2.24, 2.45) is 0 Å². The second-order valence-corrected chi connectivity index (χ2v) is 4.53. The summed E-state index contributed by atoms with van der Waals surface area (Å²) in [6.45, 7) is 0.108. The molecule has 0 saturated carbocycles. The Hall–Kier alpha value is -2.52. The summed E-state index contributed by atoms with van der Waals surface area (Å²) in [6, 6.07) is 8.65. The maximum absolute atomic E-state index is 11.3. The molecule has 0 radical (unpaired) electrons. The van der Waals surface area contributed by atoms with E-state index in [1.807, 2.05) is 0 Å². The van der Waals surface area contributed by atoms with Gasteiger partial charge >= 0.3 is 5.97 Å². The number of hydrogen-bond donors (Lipinski definition) is 0. The van der Waals surface area contributed by atoms with E-state index in [1.165, 1.54) is 17.9 Å². The monoisotopic (exact) mass is 305 g/mol. The van der Waals surface area contributed by atoms with Crippen LogP contribution in [0.2, 0.25) is 5.02 Å². The van der Waals surface area contributed by atoms with Crippen LogP contribution in [0.3, 0.4) is 0 Å². The van der Waals surface area contributed by atoms with E-state index in [2.05, 4.69) is 15.9 Å². The number of halogens is 1. The van der Waals surface area contributed by atoms with Gasteiger partial charge in [-0.25, -0.2) is 9.48 Å². The Morgan fingerprint density at radius 3 is 3.00 bits per heavy atom. The van der Waals surface area contributed by atoms with Gasteiger partial charge in [0, 0.05) is 16.8 Å². The molecule has 2 rings (SSSR count). The van der Waals surface area contributed by atoms with Gasteiger partial charge in [0.15, 0.2) is 12.4 Å². The van der Waals surface area contributed by atoms with Gasteiger partial charge in [-0.2, -0.15) is 10.4 Å². The fourth-order valence-corrected chi connectivity index (χ4v) is 1.89. The van der Waals surface area contributed by atoms with Gasteiger partial charge in [0.05, 0.1) is 19.6 Å². The lowest BCUT2D eigenvalue weighted by Crippen LogP contribution is -2.09. The van der Waals surface area contributed by atoms with Gasteiger partial charge in [-0.05, 0) is 24.3 Å². The zero-order valence-corrected chi connectivity index (χ0v) is 12.0. The predicted molar refractivity (Wildman–Crippen MR) is 75.0 cm³/mol. The van der Waals surface area contributed by atoms with Gasteiger partial charge in [-0.1, -0.05) is 11.6 Å². The zero-order chi connectivity index (χ0) is 15.2. The van der Waals surface area contributed by atoms with E-state index in [4.69, 9.17) is 21.6 Å². The Morgan fingerprint density at radius 2 is 2.29 bits per heavy atom. The van der Waals surface area contributed by atoms with Crippen LogP contribution in [0.15, 0.2) is 30.5 Å². The van der Waals surface area contributed by atoms with Crippen LogP contribution in [0.1, 0.15) is 16.1 Å². The number of benzene rings is 1. The molecule has 0 N–H and O–H groups in total. The molecule has 0 aliphatic rings. The largest absolute Gasteiger partial charge is 0.471 e. The Morgan fingerprint density at radius 1 is 1.48 bits per heavy atom. The second-order valence-electron chi connectivity index (χ2n) is 4.09. The molecular weight excluding hydrogens is 294 g/mol. The summed E-state index contributed by atoms with van der Waals surface area (Å²) in [4.78, 5) is 11.3. The molecule has 0 saturated heterocycles. The zero-order valence-electron chi connectivity index (χ0n) is 11.2. The van der Waals surface area contributed by atoms with Crippen LogP contribution in [0.4, 0.5) is 0 Å². The number of ether oxygens (including phenoxy) is 2. The highest BCUT2D eigenvalue weighted by Gasteiger charge is 2.10. The molecular formula is C14H12ClN3O3. The second kappa shape index (κ2) is 6.77. The van der Waals surface area contributed by atoms with Crippen molar-refractivity contribution in [2.45, 2.75) is 13.2 Å². The van der Waals surface area contributed by atoms with Crippen molar-refractivity contribution in [2.75, 3.05) is 7.11 Å². The van der Waals surface area contributed by atoms with Crippen molar-refractivity contribution in [3.05, 3.63) is 46.7 Å². The van der Waals surface area contributed by atoms with E-state index in [0.717, 1.165) is 0 Å². The molecule has 2 aromatic rings. The topological polar surface area (TPSA) is 77.1 Å². The summed E-state index contributed by atoms with van der Waals surface area (Å²) in [6.07, 6.45) is 1.80. The number of methoxy groups -OCH3 is 1. The average Bonchev–Trinajstić information content (AvgIpc) is 2.95. The molecule has 0 aliphatic heterocycles. The number of hydrogen-bond acceptors (Lipinski definition) is 5. The van der Waals surface area contributed by atoms with E-state index in [1.54, 1.807) is 24.4 Å². The lowest BCUT2D eigenvalue weighted by atomic mass is 10.1. The van der Waals surface area contributed by atoms with Crippen molar-refractivity contribution in [1.82, 2.24) is 9.78 Å². The molecule has 0 spiro atoms. The third-order valence-electron chi connectivity index (χ3n) is 2.68. The lowest BCUT2D eigenvalue weighted by molar-refractivity contribution is 0.0592. The third-order valence-corrected chi connectivity index (χ3v) is 2.91. The van der Waals surface area contributed by atoms with Gasteiger partial charge < -0.3 is 9.47 Å². The standard InChI is InChI=1S/C14H12ClN3O3/c1-20-14(19)12-5-7-18(17-12)9-21-13-3-2-11(15)8-10(13)4-6-16/h2-3,5,7-8H,4,9H2,1H3. The highest BCUT2D eigenvalue weighted by Crippen LogP contribution is 2.23. The Kier molecular flexibility index (Phi) is 4.80. The maximum Gasteiger partial charge on any atom is 0.358 e. The van der Waals surface area contributed by atoms with E-state index >= 15 is 0 Å². The average molecular weight is 306 g/mol. The summed E-state index contributed by atoms with van der Waals surface area (Å²) in [5.74, 6) is 0.0430.